The molecule has 0 aliphatic rings. The Bertz CT molecular complexity index is 655. The molecule has 0 unspecified atom stereocenters. The fraction of sp³-hybridized carbons (Fsp3) is 0.400. The van der Waals surface area contributed by atoms with Crippen LogP contribution in [0, 0.1) is 0 Å². The normalized spacial score (nSPS) is 11.5. The van der Waals surface area contributed by atoms with Gasteiger partial charge in [0.15, 0.2) is 9.40 Å². The standard InChI is InChI=1S/C20H25S/c1-2-3-4-5-6-11-16-21-19-14-9-7-12-17(19)18-13-8-10-15-20(18)21/h7-10,12-15H,2-6,11,16H2,1H3/q+1. The van der Waals surface area contributed by atoms with Gasteiger partial charge in [-0.3, -0.25) is 0 Å². The molecule has 0 aliphatic heterocycles. The number of aryl methyl sites for hydroxylation is 1. The molecule has 2 aromatic carbocycles. The van der Waals surface area contributed by atoms with Gasteiger partial charge in [-0.2, -0.15) is 0 Å². The van der Waals surface area contributed by atoms with Crippen LogP contribution in [0.3, 0.4) is 0 Å². The van der Waals surface area contributed by atoms with Crippen molar-refractivity contribution in [1.82, 2.24) is 0 Å². The molecule has 0 nitrogen and oxygen atoms in total. The van der Waals surface area contributed by atoms with Crippen LogP contribution in [0.4, 0.5) is 0 Å². The minimum Gasteiger partial charge on any atom is -0.0654 e. The van der Waals surface area contributed by atoms with Gasteiger partial charge in [0.05, 0.1) is 0 Å². The molecule has 0 spiro atoms. The molecule has 0 atom stereocenters. The van der Waals surface area contributed by atoms with Gasteiger partial charge >= 0.3 is 0 Å². The van der Waals surface area contributed by atoms with Gasteiger partial charge in [-0.1, -0.05) is 56.9 Å². The molecule has 0 amide bonds. The van der Waals surface area contributed by atoms with E-state index >= 15 is 0 Å². The maximum Gasteiger partial charge on any atom is 0.181 e. The summed E-state index contributed by atoms with van der Waals surface area (Å²) in [6.07, 6.45) is 8.33. The number of benzene rings is 2. The first-order valence-corrected chi connectivity index (χ1v) is 9.70. The molecule has 110 valence electrons. The highest BCUT2D eigenvalue weighted by atomic mass is 32.2. The predicted octanol–water partition coefficient (Wildman–Crippen LogP) is 7.10. The van der Waals surface area contributed by atoms with Gasteiger partial charge < -0.3 is 0 Å². The van der Waals surface area contributed by atoms with Crippen molar-refractivity contribution in [1.29, 1.82) is 0 Å². The molecule has 1 heterocycles. The fourth-order valence-corrected chi connectivity index (χ4v) is 5.72. The SMILES string of the molecule is CCCCCCCC[s+]1c2ccccc2c2ccccc21. The Morgan fingerprint density at radius 2 is 1.19 bits per heavy atom. The van der Waals surface area contributed by atoms with E-state index in [1.807, 2.05) is 0 Å². The molecule has 3 rings (SSSR count). The molecule has 0 radical (unpaired) electrons. The van der Waals surface area contributed by atoms with Crippen molar-refractivity contribution in [3.63, 3.8) is 0 Å². The van der Waals surface area contributed by atoms with Gasteiger partial charge in [0.1, 0.15) is 5.75 Å². The highest BCUT2D eigenvalue weighted by Crippen LogP contribution is 2.43. The predicted molar refractivity (Wildman–Crippen MR) is 97.3 cm³/mol. The van der Waals surface area contributed by atoms with Crippen LogP contribution in [0.15, 0.2) is 48.5 Å². The summed E-state index contributed by atoms with van der Waals surface area (Å²) in [5.41, 5.74) is 0. The first-order valence-electron chi connectivity index (χ1n) is 8.31. The molecule has 21 heavy (non-hydrogen) atoms. The van der Waals surface area contributed by atoms with Crippen LogP contribution in [0.25, 0.3) is 20.2 Å². The second-order valence-corrected chi connectivity index (χ2v) is 7.92. The van der Waals surface area contributed by atoms with Gasteiger partial charge in [-0.25, -0.2) is 0 Å². The van der Waals surface area contributed by atoms with E-state index in [4.69, 9.17) is 0 Å². The lowest BCUT2D eigenvalue weighted by Crippen LogP contribution is -1.80. The van der Waals surface area contributed by atoms with Gasteiger partial charge in [0.25, 0.3) is 0 Å². The van der Waals surface area contributed by atoms with E-state index in [0.29, 0.717) is 10.5 Å². The van der Waals surface area contributed by atoms with Crippen LogP contribution in [-0.4, -0.2) is 0 Å². The van der Waals surface area contributed by atoms with Crippen molar-refractivity contribution in [2.45, 2.75) is 51.2 Å². The first-order chi connectivity index (χ1) is 10.4. The third kappa shape index (κ3) is 3.13. The molecule has 0 bridgehead atoms. The summed E-state index contributed by atoms with van der Waals surface area (Å²) in [6, 6.07) is 18.0. The van der Waals surface area contributed by atoms with E-state index < -0.39 is 0 Å². The Kier molecular flexibility index (Phi) is 4.92. The largest absolute Gasteiger partial charge is 0.181 e. The van der Waals surface area contributed by atoms with Crippen LogP contribution in [0.2, 0.25) is 0 Å². The fourth-order valence-electron chi connectivity index (χ4n) is 3.17. The monoisotopic (exact) mass is 297 g/mol. The van der Waals surface area contributed by atoms with Crippen LogP contribution in [0.5, 0.6) is 0 Å². The Morgan fingerprint density at radius 1 is 0.667 bits per heavy atom. The van der Waals surface area contributed by atoms with Crippen LogP contribution >= 0.6 is 10.5 Å². The number of fused-ring (bicyclic) bond motifs is 3. The minimum absolute atomic E-state index is 0.316. The second-order valence-electron chi connectivity index (χ2n) is 5.85. The summed E-state index contributed by atoms with van der Waals surface area (Å²) >= 11 is 0. The van der Waals surface area contributed by atoms with E-state index in [0.717, 1.165) is 0 Å². The van der Waals surface area contributed by atoms with Gasteiger partial charge in [-0.05, 0) is 47.6 Å². The molecule has 0 fully saturated rings. The first kappa shape index (κ1) is 14.6. The smallest absolute Gasteiger partial charge is 0.0654 e. The summed E-state index contributed by atoms with van der Waals surface area (Å²) in [5, 5.41) is 2.95. The molecule has 1 aromatic heterocycles. The van der Waals surface area contributed by atoms with Crippen molar-refractivity contribution < 1.29 is 0 Å². The molecule has 0 saturated heterocycles. The Morgan fingerprint density at radius 3 is 1.81 bits per heavy atom. The average Bonchev–Trinajstić information content (AvgIpc) is 2.85. The van der Waals surface area contributed by atoms with Crippen molar-refractivity contribution in [2.24, 2.45) is 0 Å². The lowest BCUT2D eigenvalue weighted by atomic mass is 10.1. The summed E-state index contributed by atoms with van der Waals surface area (Å²) in [4.78, 5) is 0. The third-order valence-electron chi connectivity index (χ3n) is 4.30. The topological polar surface area (TPSA) is 0 Å². The molecule has 3 aromatic rings. The van der Waals surface area contributed by atoms with Gasteiger partial charge in [0, 0.05) is 10.8 Å². The summed E-state index contributed by atoms with van der Waals surface area (Å²) in [7, 11) is 0.316. The van der Waals surface area contributed by atoms with E-state index in [9.17, 15) is 0 Å². The minimum atomic E-state index is 0.316. The van der Waals surface area contributed by atoms with Gasteiger partial charge in [-0.15, -0.1) is 0 Å². The average molecular weight is 297 g/mol. The number of thiophene rings is 1. The number of hydrogen-bond acceptors (Lipinski definition) is 0. The van der Waals surface area contributed by atoms with E-state index in [1.54, 1.807) is 9.40 Å². The van der Waals surface area contributed by atoms with Crippen LogP contribution in [0.1, 0.15) is 45.4 Å². The van der Waals surface area contributed by atoms with E-state index in [2.05, 4.69) is 55.5 Å². The molecule has 0 aliphatic carbocycles. The maximum atomic E-state index is 2.34. The highest BCUT2D eigenvalue weighted by Gasteiger charge is 2.19. The number of unbranched alkanes of at least 4 members (excludes halogenated alkanes) is 5. The zero-order valence-corrected chi connectivity index (χ0v) is 13.8. The number of rotatable bonds is 7. The Hall–Kier alpha value is -1.34. The lowest BCUT2D eigenvalue weighted by Gasteiger charge is -1.97. The van der Waals surface area contributed by atoms with Crippen molar-refractivity contribution in [2.75, 3.05) is 0 Å². The van der Waals surface area contributed by atoms with Crippen molar-refractivity contribution in [3.8, 4) is 0 Å². The molecule has 1 heteroatoms. The quantitative estimate of drug-likeness (QED) is 0.322. The summed E-state index contributed by atoms with van der Waals surface area (Å²) < 4.78 is 3.15. The zero-order chi connectivity index (χ0) is 14.5. The molecular formula is C20H25S+. The van der Waals surface area contributed by atoms with E-state index in [1.165, 1.54) is 55.1 Å². The molecular weight excluding hydrogens is 272 g/mol. The number of hydrogen-bond donors (Lipinski definition) is 0. The van der Waals surface area contributed by atoms with Crippen LogP contribution in [-0.2, 0) is 5.75 Å². The lowest BCUT2D eigenvalue weighted by molar-refractivity contribution is 0.619. The summed E-state index contributed by atoms with van der Waals surface area (Å²) in [5.74, 6) is 1.33. The highest BCUT2D eigenvalue weighted by molar-refractivity contribution is 7.42. The zero-order valence-electron chi connectivity index (χ0n) is 13.0. The Labute approximate surface area is 130 Å². The molecule has 0 N–H and O–H groups in total. The van der Waals surface area contributed by atoms with Crippen LogP contribution < -0.4 is 0 Å². The Balaban J connectivity index is 1.80. The maximum absolute atomic E-state index is 2.34. The van der Waals surface area contributed by atoms with Gasteiger partial charge in [0.2, 0.25) is 0 Å². The summed E-state index contributed by atoms with van der Waals surface area (Å²) in [6.45, 7) is 2.29. The van der Waals surface area contributed by atoms with Crippen molar-refractivity contribution in [3.05, 3.63) is 48.5 Å². The van der Waals surface area contributed by atoms with E-state index in [-0.39, 0.29) is 0 Å². The molecule has 0 saturated carbocycles. The second kappa shape index (κ2) is 7.09. The third-order valence-corrected chi connectivity index (χ3v) is 6.77. The van der Waals surface area contributed by atoms with Crippen molar-refractivity contribution >= 4 is 30.6 Å².